The van der Waals surface area contributed by atoms with Crippen LogP contribution in [0.3, 0.4) is 0 Å². The lowest BCUT2D eigenvalue weighted by molar-refractivity contribution is 0.102. The molecule has 2 heterocycles. The van der Waals surface area contributed by atoms with Crippen molar-refractivity contribution in [2.45, 2.75) is 47.0 Å². The van der Waals surface area contributed by atoms with Crippen LogP contribution in [0.2, 0.25) is 0 Å². The molecule has 5 nitrogen and oxygen atoms in total. The number of anilines is 1. The average molecular weight is 396 g/mol. The summed E-state index contributed by atoms with van der Waals surface area (Å²) in [7, 11) is 0. The highest BCUT2D eigenvalue weighted by molar-refractivity contribution is 7.17. The van der Waals surface area contributed by atoms with E-state index in [9.17, 15) is 9.59 Å². The summed E-state index contributed by atoms with van der Waals surface area (Å²) in [4.78, 5) is 32.0. The number of rotatable bonds is 2. The van der Waals surface area contributed by atoms with Gasteiger partial charge in [-0.1, -0.05) is 38.5 Å². The highest BCUT2D eigenvalue weighted by atomic mass is 32.1. The van der Waals surface area contributed by atoms with Crippen LogP contribution in [0.5, 0.6) is 0 Å². The van der Waals surface area contributed by atoms with E-state index in [4.69, 9.17) is 0 Å². The zero-order chi connectivity index (χ0) is 20.1. The molecule has 0 spiro atoms. The molecule has 1 aromatic carbocycles. The van der Waals surface area contributed by atoms with Gasteiger partial charge in [0.05, 0.1) is 6.20 Å². The van der Waals surface area contributed by atoms with Crippen LogP contribution in [0.25, 0.3) is 4.96 Å². The first kappa shape index (κ1) is 18.9. The molecule has 3 aromatic rings. The SMILES string of the molecule is Cc1ccc(C(=O)Nc2cnc3sc4c(n3c2=O)CC[C@@H](C(C)(C)C)C4)cc1. The minimum absolute atomic E-state index is 0.197. The molecular weight excluding hydrogens is 370 g/mol. The molecule has 28 heavy (non-hydrogen) atoms. The van der Waals surface area contributed by atoms with Crippen molar-refractivity contribution in [3.63, 3.8) is 0 Å². The number of aromatic nitrogens is 2. The van der Waals surface area contributed by atoms with Crippen molar-refractivity contribution in [2.75, 3.05) is 5.32 Å². The Hall–Kier alpha value is -2.47. The van der Waals surface area contributed by atoms with Crippen molar-refractivity contribution in [1.29, 1.82) is 0 Å². The van der Waals surface area contributed by atoms with Crippen molar-refractivity contribution in [3.8, 4) is 0 Å². The number of benzene rings is 1. The van der Waals surface area contributed by atoms with Crippen LogP contribution in [0.15, 0.2) is 35.3 Å². The molecule has 0 fully saturated rings. The molecular formula is C22H25N3O2S. The first-order valence-corrected chi connectivity index (χ1v) is 10.5. The number of carbonyl (C=O) groups excluding carboxylic acids is 1. The van der Waals surface area contributed by atoms with Crippen molar-refractivity contribution >= 4 is 27.9 Å². The number of carbonyl (C=O) groups is 1. The van der Waals surface area contributed by atoms with Gasteiger partial charge in [0.2, 0.25) is 0 Å². The molecule has 1 aliphatic rings. The number of fused-ring (bicyclic) bond motifs is 3. The average Bonchev–Trinajstić information content (AvgIpc) is 3.02. The van der Waals surface area contributed by atoms with E-state index in [1.165, 1.54) is 11.1 Å². The zero-order valence-electron chi connectivity index (χ0n) is 16.7. The highest BCUT2D eigenvalue weighted by Gasteiger charge is 2.31. The van der Waals surface area contributed by atoms with Crippen molar-refractivity contribution in [2.24, 2.45) is 11.3 Å². The van der Waals surface area contributed by atoms with E-state index in [0.717, 1.165) is 30.5 Å². The van der Waals surface area contributed by atoms with Gasteiger partial charge in [0.1, 0.15) is 5.69 Å². The van der Waals surface area contributed by atoms with Gasteiger partial charge in [0.25, 0.3) is 11.5 Å². The van der Waals surface area contributed by atoms with Crippen LogP contribution < -0.4 is 10.9 Å². The second kappa shape index (κ2) is 6.85. The van der Waals surface area contributed by atoms with Gasteiger partial charge in [-0.25, -0.2) is 4.98 Å². The van der Waals surface area contributed by atoms with Gasteiger partial charge in [-0.05, 0) is 49.7 Å². The summed E-state index contributed by atoms with van der Waals surface area (Å²) < 4.78 is 1.70. The Balaban J connectivity index is 1.67. The summed E-state index contributed by atoms with van der Waals surface area (Å²) in [6.07, 6.45) is 4.40. The third-order valence-electron chi connectivity index (χ3n) is 5.68. The van der Waals surface area contributed by atoms with Gasteiger partial charge in [0, 0.05) is 16.1 Å². The van der Waals surface area contributed by atoms with Gasteiger partial charge >= 0.3 is 0 Å². The fraction of sp³-hybridized carbons (Fsp3) is 0.409. The molecule has 1 aliphatic carbocycles. The van der Waals surface area contributed by atoms with E-state index in [2.05, 4.69) is 31.1 Å². The van der Waals surface area contributed by atoms with E-state index in [1.807, 2.05) is 19.1 Å². The molecule has 4 rings (SSSR count). The quantitative estimate of drug-likeness (QED) is 0.696. The number of nitrogens with zero attached hydrogens (tertiary/aromatic N) is 2. The van der Waals surface area contributed by atoms with Crippen LogP contribution in [0, 0.1) is 18.3 Å². The topological polar surface area (TPSA) is 63.5 Å². The van der Waals surface area contributed by atoms with Crippen LogP contribution in [0.1, 0.15) is 53.7 Å². The largest absolute Gasteiger partial charge is 0.316 e. The second-order valence-corrected chi connectivity index (χ2v) is 9.75. The molecule has 0 aliphatic heterocycles. The lowest BCUT2D eigenvalue weighted by atomic mass is 9.73. The molecule has 6 heteroatoms. The third-order valence-corrected chi connectivity index (χ3v) is 6.80. The van der Waals surface area contributed by atoms with E-state index >= 15 is 0 Å². The normalized spacial score (nSPS) is 16.8. The lowest BCUT2D eigenvalue weighted by Crippen LogP contribution is -2.28. The molecule has 0 saturated carbocycles. The maximum absolute atomic E-state index is 13.1. The highest BCUT2D eigenvalue weighted by Crippen LogP contribution is 2.39. The fourth-order valence-electron chi connectivity index (χ4n) is 3.82. The van der Waals surface area contributed by atoms with Gasteiger partial charge in [-0.2, -0.15) is 0 Å². The first-order valence-electron chi connectivity index (χ1n) is 9.64. The maximum Gasteiger partial charge on any atom is 0.282 e. The van der Waals surface area contributed by atoms with E-state index in [0.29, 0.717) is 16.4 Å². The Labute approximate surface area is 168 Å². The van der Waals surface area contributed by atoms with E-state index in [1.54, 1.807) is 27.9 Å². The Morgan fingerprint density at radius 1 is 1.25 bits per heavy atom. The Morgan fingerprint density at radius 2 is 1.96 bits per heavy atom. The number of thiazole rings is 1. The molecule has 146 valence electrons. The van der Waals surface area contributed by atoms with Crippen molar-refractivity contribution in [1.82, 2.24) is 9.38 Å². The Kier molecular flexibility index (Phi) is 4.62. The van der Waals surface area contributed by atoms with Crippen LogP contribution in [0.4, 0.5) is 5.69 Å². The maximum atomic E-state index is 13.1. The fourth-order valence-corrected chi connectivity index (χ4v) is 5.02. The number of hydrogen-bond donors (Lipinski definition) is 1. The zero-order valence-corrected chi connectivity index (χ0v) is 17.5. The second-order valence-electron chi connectivity index (χ2n) is 8.69. The number of amides is 1. The molecule has 1 atom stereocenters. The number of aryl methyl sites for hydroxylation is 2. The molecule has 0 saturated heterocycles. The van der Waals surface area contributed by atoms with E-state index in [-0.39, 0.29) is 22.6 Å². The predicted octanol–water partition coefficient (Wildman–Crippen LogP) is 4.47. The van der Waals surface area contributed by atoms with E-state index < -0.39 is 0 Å². The predicted molar refractivity (Wildman–Crippen MR) is 113 cm³/mol. The standard InChI is InChI=1S/C22H25N3O2S/c1-13-5-7-14(8-6-13)19(26)24-16-12-23-21-25(20(16)27)17-10-9-15(22(2,3)4)11-18(17)28-21/h5-8,12,15H,9-11H2,1-4H3,(H,24,26)/t15-/m1/s1. The van der Waals surface area contributed by atoms with Crippen LogP contribution >= 0.6 is 11.3 Å². The van der Waals surface area contributed by atoms with Crippen molar-refractivity contribution < 1.29 is 4.79 Å². The molecule has 1 N–H and O–H groups in total. The summed E-state index contributed by atoms with van der Waals surface area (Å²) in [6, 6.07) is 7.27. The summed E-state index contributed by atoms with van der Waals surface area (Å²) in [5.74, 6) is 0.306. The van der Waals surface area contributed by atoms with Crippen LogP contribution in [-0.2, 0) is 12.8 Å². The molecule has 0 bridgehead atoms. The van der Waals surface area contributed by atoms with Gasteiger partial charge in [0.15, 0.2) is 4.96 Å². The summed E-state index contributed by atoms with van der Waals surface area (Å²) in [5, 5.41) is 2.74. The Bertz CT molecular complexity index is 1100. The van der Waals surface area contributed by atoms with Crippen molar-refractivity contribution in [3.05, 3.63) is 62.5 Å². The monoisotopic (exact) mass is 395 g/mol. The summed E-state index contributed by atoms with van der Waals surface area (Å²) in [5.41, 5.74) is 2.94. The first-order chi connectivity index (χ1) is 13.2. The minimum atomic E-state index is -0.296. The Morgan fingerprint density at radius 3 is 2.64 bits per heavy atom. The summed E-state index contributed by atoms with van der Waals surface area (Å²) in [6.45, 7) is 8.80. The van der Waals surface area contributed by atoms with Gasteiger partial charge < -0.3 is 5.32 Å². The molecule has 2 aromatic heterocycles. The smallest absolute Gasteiger partial charge is 0.282 e. The minimum Gasteiger partial charge on any atom is -0.316 e. The molecule has 0 radical (unpaired) electrons. The van der Waals surface area contributed by atoms with Crippen LogP contribution in [-0.4, -0.2) is 15.3 Å². The molecule has 0 unspecified atom stereocenters. The summed E-state index contributed by atoms with van der Waals surface area (Å²) >= 11 is 1.60. The third kappa shape index (κ3) is 3.37. The number of hydrogen-bond acceptors (Lipinski definition) is 4. The lowest BCUT2D eigenvalue weighted by Gasteiger charge is -2.33. The number of nitrogens with one attached hydrogen (secondary N) is 1. The van der Waals surface area contributed by atoms with Gasteiger partial charge in [-0.3, -0.25) is 14.0 Å². The van der Waals surface area contributed by atoms with Gasteiger partial charge in [-0.15, -0.1) is 11.3 Å². The molecule has 1 amide bonds.